The highest BCUT2D eigenvalue weighted by Crippen LogP contribution is 2.30. The maximum atomic E-state index is 6.12. The van der Waals surface area contributed by atoms with Gasteiger partial charge in [-0.2, -0.15) is 0 Å². The van der Waals surface area contributed by atoms with Crippen LogP contribution in [-0.2, 0) is 6.42 Å². The zero-order valence-electron chi connectivity index (χ0n) is 11.9. The first-order chi connectivity index (χ1) is 9.22. The smallest absolute Gasteiger partial charge is 0.161 e. The highest BCUT2D eigenvalue weighted by molar-refractivity contribution is 5.43. The average molecular weight is 264 g/mol. The third-order valence-electron chi connectivity index (χ3n) is 3.62. The highest BCUT2D eigenvalue weighted by atomic mass is 16.5. The topological polar surface area (TPSA) is 47.7 Å². The summed E-state index contributed by atoms with van der Waals surface area (Å²) in [6.07, 6.45) is 3.30. The van der Waals surface area contributed by atoms with Crippen LogP contribution in [0.15, 0.2) is 18.2 Å². The maximum absolute atomic E-state index is 6.12. The van der Waals surface area contributed by atoms with Gasteiger partial charge in [0, 0.05) is 13.1 Å². The van der Waals surface area contributed by atoms with Crippen molar-refractivity contribution < 1.29 is 9.47 Å². The Morgan fingerprint density at radius 2 is 2.00 bits per heavy atom. The van der Waals surface area contributed by atoms with E-state index in [1.165, 1.54) is 5.56 Å². The molecule has 0 bridgehead atoms. The van der Waals surface area contributed by atoms with Crippen LogP contribution < -0.4 is 15.2 Å². The Hall–Kier alpha value is -1.26. The van der Waals surface area contributed by atoms with Gasteiger partial charge >= 0.3 is 0 Å². The van der Waals surface area contributed by atoms with Gasteiger partial charge in [0.1, 0.15) is 6.10 Å². The summed E-state index contributed by atoms with van der Waals surface area (Å²) in [5.74, 6) is 1.66. The van der Waals surface area contributed by atoms with E-state index in [0.717, 1.165) is 43.9 Å². The van der Waals surface area contributed by atoms with Crippen molar-refractivity contribution in [1.82, 2.24) is 4.90 Å². The van der Waals surface area contributed by atoms with Gasteiger partial charge in [0.2, 0.25) is 0 Å². The van der Waals surface area contributed by atoms with Gasteiger partial charge in [0.05, 0.1) is 7.11 Å². The number of hydrogen-bond acceptors (Lipinski definition) is 4. The molecule has 1 aromatic carbocycles. The fourth-order valence-electron chi connectivity index (χ4n) is 2.42. The van der Waals surface area contributed by atoms with E-state index in [-0.39, 0.29) is 0 Å². The second-order valence-electron chi connectivity index (χ2n) is 5.14. The zero-order valence-corrected chi connectivity index (χ0v) is 11.9. The lowest BCUT2D eigenvalue weighted by Crippen LogP contribution is -2.35. The molecule has 0 amide bonds. The largest absolute Gasteiger partial charge is 0.493 e. The van der Waals surface area contributed by atoms with Crippen LogP contribution in [0.25, 0.3) is 0 Å². The lowest BCUT2D eigenvalue weighted by molar-refractivity contribution is 0.111. The summed E-state index contributed by atoms with van der Waals surface area (Å²) in [5, 5.41) is 0. The molecule has 4 heteroatoms. The average Bonchev–Trinajstić information content (AvgIpc) is 2.42. The molecule has 1 saturated heterocycles. The summed E-state index contributed by atoms with van der Waals surface area (Å²) in [4.78, 5) is 2.34. The molecule has 0 atom stereocenters. The molecule has 1 aliphatic rings. The van der Waals surface area contributed by atoms with E-state index < -0.39 is 0 Å². The van der Waals surface area contributed by atoms with E-state index in [2.05, 4.69) is 18.0 Å². The standard InChI is InChI=1S/C15H24N2O2/c1-17-9-6-13(7-10-17)19-15-11-12(5-8-16)3-4-14(15)18-2/h3-4,11,13H,5-10,16H2,1-2H3. The van der Waals surface area contributed by atoms with Crippen molar-refractivity contribution in [2.75, 3.05) is 33.8 Å². The predicted molar refractivity (Wildman–Crippen MR) is 76.9 cm³/mol. The first kappa shape index (κ1) is 14.2. The van der Waals surface area contributed by atoms with E-state index in [0.29, 0.717) is 12.6 Å². The number of nitrogens with zero attached hydrogens (tertiary/aromatic N) is 1. The van der Waals surface area contributed by atoms with E-state index in [9.17, 15) is 0 Å². The Morgan fingerprint density at radius 1 is 1.26 bits per heavy atom. The van der Waals surface area contributed by atoms with E-state index >= 15 is 0 Å². The van der Waals surface area contributed by atoms with Gasteiger partial charge in [-0.1, -0.05) is 6.07 Å². The Labute approximate surface area is 115 Å². The van der Waals surface area contributed by atoms with Crippen molar-refractivity contribution in [3.05, 3.63) is 23.8 Å². The van der Waals surface area contributed by atoms with E-state index in [1.807, 2.05) is 12.1 Å². The minimum atomic E-state index is 0.290. The molecule has 0 aromatic heterocycles. The molecule has 0 aliphatic carbocycles. The first-order valence-corrected chi connectivity index (χ1v) is 6.95. The molecule has 19 heavy (non-hydrogen) atoms. The monoisotopic (exact) mass is 264 g/mol. The summed E-state index contributed by atoms with van der Waals surface area (Å²) in [6, 6.07) is 6.08. The molecule has 0 spiro atoms. The molecule has 1 heterocycles. The minimum absolute atomic E-state index is 0.290. The van der Waals surface area contributed by atoms with Gasteiger partial charge in [0.25, 0.3) is 0 Å². The third-order valence-corrected chi connectivity index (χ3v) is 3.62. The predicted octanol–water partition coefficient (Wildman–Crippen LogP) is 1.67. The van der Waals surface area contributed by atoms with Gasteiger partial charge in [-0.3, -0.25) is 0 Å². The van der Waals surface area contributed by atoms with Crippen LogP contribution >= 0.6 is 0 Å². The molecule has 0 saturated carbocycles. The normalized spacial score (nSPS) is 17.4. The second kappa shape index (κ2) is 6.78. The molecule has 4 nitrogen and oxygen atoms in total. The molecule has 106 valence electrons. The SMILES string of the molecule is COc1ccc(CCN)cc1OC1CCN(C)CC1. The van der Waals surface area contributed by atoms with Crippen molar-refractivity contribution in [2.24, 2.45) is 5.73 Å². The number of ether oxygens (including phenoxy) is 2. The number of likely N-dealkylation sites (tertiary alicyclic amines) is 1. The minimum Gasteiger partial charge on any atom is -0.493 e. The number of piperidine rings is 1. The molecule has 1 aliphatic heterocycles. The molecule has 1 aromatic rings. The van der Waals surface area contributed by atoms with Crippen molar-refractivity contribution in [1.29, 1.82) is 0 Å². The molecule has 0 radical (unpaired) electrons. The second-order valence-corrected chi connectivity index (χ2v) is 5.14. The fourth-order valence-corrected chi connectivity index (χ4v) is 2.42. The quantitative estimate of drug-likeness (QED) is 0.879. The van der Waals surface area contributed by atoms with Crippen molar-refractivity contribution in [2.45, 2.75) is 25.4 Å². The number of benzene rings is 1. The van der Waals surface area contributed by atoms with Crippen LogP contribution in [0.4, 0.5) is 0 Å². The van der Waals surface area contributed by atoms with E-state index in [4.69, 9.17) is 15.2 Å². The molecule has 2 N–H and O–H groups in total. The lowest BCUT2D eigenvalue weighted by Gasteiger charge is -2.29. The van der Waals surface area contributed by atoms with Gasteiger partial charge in [-0.25, -0.2) is 0 Å². The Morgan fingerprint density at radius 3 is 2.63 bits per heavy atom. The number of methoxy groups -OCH3 is 1. The maximum Gasteiger partial charge on any atom is 0.161 e. The number of rotatable bonds is 5. The molecular weight excluding hydrogens is 240 g/mol. The van der Waals surface area contributed by atoms with Gasteiger partial charge < -0.3 is 20.1 Å². The van der Waals surface area contributed by atoms with Crippen molar-refractivity contribution >= 4 is 0 Å². The summed E-state index contributed by atoms with van der Waals surface area (Å²) in [5.41, 5.74) is 6.80. The Kier molecular flexibility index (Phi) is 5.05. The summed E-state index contributed by atoms with van der Waals surface area (Å²) < 4.78 is 11.5. The lowest BCUT2D eigenvalue weighted by atomic mass is 10.1. The van der Waals surface area contributed by atoms with Gasteiger partial charge in [0.15, 0.2) is 11.5 Å². The van der Waals surface area contributed by atoms with Crippen LogP contribution in [-0.4, -0.2) is 44.8 Å². The van der Waals surface area contributed by atoms with Gasteiger partial charge in [-0.15, -0.1) is 0 Å². The van der Waals surface area contributed by atoms with Crippen molar-refractivity contribution in [3.8, 4) is 11.5 Å². The zero-order chi connectivity index (χ0) is 13.7. The van der Waals surface area contributed by atoms with Crippen LogP contribution in [0.5, 0.6) is 11.5 Å². The summed E-state index contributed by atoms with van der Waals surface area (Å²) >= 11 is 0. The highest BCUT2D eigenvalue weighted by Gasteiger charge is 2.19. The Balaban J connectivity index is 2.06. The Bertz CT molecular complexity index is 401. The van der Waals surface area contributed by atoms with Crippen LogP contribution in [0.3, 0.4) is 0 Å². The summed E-state index contributed by atoms with van der Waals surface area (Å²) in [6.45, 7) is 2.84. The molecule has 1 fully saturated rings. The molecule has 2 rings (SSSR count). The molecular formula is C15H24N2O2. The summed E-state index contributed by atoms with van der Waals surface area (Å²) in [7, 11) is 3.83. The first-order valence-electron chi connectivity index (χ1n) is 6.95. The van der Waals surface area contributed by atoms with Crippen LogP contribution in [0, 0.1) is 0 Å². The van der Waals surface area contributed by atoms with Gasteiger partial charge in [-0.05, 0) is 50.6 Å². The molecule has 0 unspecified atom stereocenters. The van der Waals surface area contributed by atoms with Crippen LogP contribution in [0.2, 0.25) is 0 Å². The number of hydrogen-bond donors (Lipinski definition) is 1. The fraction of sp³-hybridized carbons (Fsp3) is 0.600. The van der Waals surface area contributed by atoms with E-state index in [1.54, 1.807) is 7.11 Å². The third kappa shape index (κ3) is 3.85. The number of nitrogens with two attached hydrogens (primary N) is 1. The van der Waals surface area contributed by atoms with Crippen molar-refractivity contribution in [3.63, 3.8) is 0 Å². The van der Waals surface area contributed by atoms with Crippen LogP contribution in [0.1, 0.15) is 18.4 Å².